The van der Waals surface area contributed by atoms with Crippen molar-refractivity contribution in [1.29, 1.82) is 0 Å². The van der Waals surface area contributed by atoms with Gasteiger partial charge in [-0.2, -0.15) is 0 Å². The molecule has 6 nitrogen and oxygen atoms in total. The summed E-state index contributed by atoms with van der Waals surface area (Å²) in [5, 5.41) is 2.73. The van der Waals surface area contributed by atoms with Gasteiger partial charge in [0.2, 0.25) is 0 Å². The van der Waals surface area contributed by atoms with Gasteiger partial charge in [0, 0.05) is 10.0 Å². The molecule has 0 spiro atoms. The number of rotatable bonds is 0. The first-order valence-electron chi connectivity index (χ1n) is 3.31. The summed E-state index contributed by atoms with van der Waals surface area (Å²) in [6.45, 7) is 5.08. The number of hydrogen-bond acceptors (Lipinski definition) is 3. The van der Waals surface area contributed by atoms with Gasteiger partial charge in [-0.05, 0) is 33.4 Å². The summed E-state index contributed by atoms with van der Waals surface area (Å²) in [6.07, 6.45) is -0.894. The summed E-state index contributed by atoms with van der Waals surface area (Å²) in [6, 6.07) is 0. The Bertz CT molecular complexity index is 178. The molecule has 12 heavy (non-hydrogen) atoms. The third-order valence-corrected chi connectivity index (χ3v) is 0.520. The molecule has 0 atom stereocenters. The Morgan fingerprint density at radius 3 is 2.17 bits per heavy atom. The van der Waals surface area contributed by atoms with E-state index >= 15 is 0 Å². The van der Waals surface area contributed by atoms with Gasteiger partial charge in [0.1, 0.15) is 5.60 Å². The average Bonchev–Trinajstić information content (AvgIpc) is 1.88. The molecular weight excluding hydrogens is 160 g/mol. The number of ether oxygens (including phenoxy) is 1. The second kappa shape index (κ2) is 6.45. The number of azide groups is 1. The number of amides is 1. The van der Waals surface area contributed by atoms with Crippen LogP contribution >= 0.6 is 0 Å². The monoisotopic (exact) mass is 174 g/mol. The third kappa shape index (κ3) is 11.5. The molecule has 0 radical (unpaired) electrons. The smallest absolute Gasteiger partial charge is 0.397 e. The topological polar surface area (TPSA) is 101 Å². The van der Waals surface area contributed by atoms with E-state index in [1.54, 1.807) is 20.8 Å². The predicted octanol–water partition coefficient (Wildman–Crippen LogP) is 1.81. The maximum atomic E-state index is 10.4. The maximum Gasteiger partial charge on any atom is 0.397 e. The molecule has 0 aliphatic heterocycles. The number of hydrogen-bond donors (Lipinski definition) is 1. The Kier molecular flexibility index (Phi) is 7.17. The fourth-order valence-corrected chi connectivity index (χ4v) is 0.319. The molecule has 0 fully saturated rings. The van der Waals surface area contributed by atoms with Crippen LogP contribution in [0.1, 0.15) is 20.8 Å². The Hall–Kier alpha value is -1.26. The van der Waals surface area contributed by atoms with E-state index in [1.165, 1.54) is 7.05 Å². The lowest BCUT2D eigenvalue weighted by Gasteiger charge is -2.16. The van der Waals surface area contributed by atoms with Crippen LogP contribution in [0.15, 0.2) is 5.11 Å². The number of nitrogens with two attached hydrogens (primary N) is 1. The van der Waals surface area contributed by atoms with Crippen molar-refractivity contribution in [2.75, 3.05) is 7.05 Å². The predicted molar refractivity (Wildman–Crippen MR) is 45.5 cm³/mol. The van der Waals surface area contributed by atoms with E-state index in [4.69, 9.17) is 5.53 Å². The van der Waals surface area contributed by atoms with Crippen molar-refractivity contribution in [2.45, 2.75) is 26.4 Å². The van der Waals surface area contributed by atoms with Crippen LogP contribution in [0, 0.1) is 0 Å². The van der Waals surface area contributed by atoms with Gasteiger partial charge in [-0.3, -0.25) is 0 Å². The van der Waals surface area contributed by atoms with Crippen molar-refractivity contribution >= 4 is 6.09 Å². The second-order valence-electron chi connectivity index (χ2n) is 2.67. The largest absolute Gasteiger partial charge is 0.455 e. The van der Waals surface area contributed by atoms with Crippen LogP contribution in [0.3, 0.4) is 0 Å². The lowest BCUT2D eigenvalue weighted by molar-refractivity contribution is 0.0600. The van der Waals surface area contributed by atoms with E-state index in [1.807, 2.05) is 0 Å². The molecule has 0 aromatic heterocycles. The first kappa shape index (κ1) is 13.3. The molecule has 0 saturated heterocycles. The summed E-state index contributed by atoms with van der Waals surface area (Å²) in [5.41, 5.74) is 11.7. The Morgan fingerprint density at radius 2 is 1.92 bits per heavy atom. The van der Waals surface area contributed by atoms with Gasteiger partial charge in [-0.15, -0.1) is 0 Å². The standard InChI is InChI=1S/C5H9N3O2.CH5N/c1-5(2,3)10-4(9)7-8-6;1-2/h1-3H3;2H2,1H3. The molecule has 0 rings (SSSR count). The molecule has 0 aliphatic carbocycles. The van der Waals surface area contributed by atoms with E-state index in [9.17, 15) is 4.79 Å². The Morgan fingerprint density at radius 1 is 1.50 bits per heavy atom. The quantitative estimate of drug-likeness (QED) is 0.344. The molecule has 70 valence electrons. The highest BCUT2D eigenvalue weighted by atomic mass is 16.6. The van der Waals surface area contributed by atoms with Crippen molar-refractivity contribution < 1.29 is 9.53 Å². The van der Waals surface area contributed by atoms with Gasteiger partial charge in [-0.25, -0.2) is 4.79 Å². The number of nitrogens with zero attached hydrogens (tertiary/aromatic N) is 3. The first-order valence-corrected chi connectivity index (χ1v) is 3.31. The summed E-state index contributed by atoms with van der Waals surface area (Å²) in [4.78, 5) is 12.7. The van der Waals surface area contributed by atoms with Gasteiger partial charge >= 0.3 is 6.09 Å². The Labute approximate surface area is 71.3 Å². The molecule has 0 unspecified atom stereocenters. The molecule has 0 aromatic rings. The minimum atomic E-state index is -0.894. The minimum Gasteiger partial charge on any atom is -0.455 e. The van der Waals surface area contributed by atoms with E-state index in [0.717, 1.165) is 0 Å². The molecule has 2 N–H and O–H groups in total. The fourth-order valence-electron chi connectivity index (χ4n) is 0.319. The minimum absolute atomic E-state index is 0.592. The Balaban J connectivity index is 0. The number of carbonyl (C=O) groups excluding carboxylic acids is 1. The van der Waals surface area contributed by atoms with Crippen LogP contribution in [0.5, 0.6) is 0 Å². The van der Waals surface area contributed by atoms with Crippen LogP contribution in [0.25, 0.3) is 10.4 Å². The molecule has 1 amide bonds. The van der Waals surface area contributed by atoms with Crippen LogP contribution in [0.4, 0.5) is 4.79 Å². The molecule has 0 heterocycles. The van der Waals surface area contributed by atoms with Crippen LogP contribution < -0.4 is 5.73 Å². The zero-order valence-electron chi connectivity index (χ0n) is 7.74. The van der Waals surface area contributed by atoms with E-state index in [2.05, 4.69) is 20.5 Å². The molecular formula is C6H14N4O2. The van der Waals surface area contributed by atoms with Crippen molar-refractivity contribution in [3.8, 4) is 0 Å². The van der Waals surface area contributed by atoms with E-state index in [-0.39, 0.29) is 0 Å². The summed E-state index contributed by atoms with van der Waals surface area (Å²) >= 11 is 0. The zero-order valence-corrected chi connectivity index (χ0v) is 7.74. The fraction of sp³-hybridized carbons (Fsp3) is 0.833. The van der Waals surface area contributed by atoms with E-state index in [0.29, 0.717) is 0 Å². The molecule has 0 aliphatic rings. The highest BCUT2D eigenvalue weighted by molar-refractivity contribution is 5.68. The van der Waals surface area contributed by atoms with Gasteiger partial charge in [0.05, 0.1) is 0 Å². The van der Waals surface area contributed by atoms with Crippen molar-refractivity contribution in [2.24, 2.45) is 10.8 Å². The molecule has 6 heteroatoms. The summed E-state index contributed by atoms with van der Waals surface area (Å²) < 4.78 is 4.62. The molecule has 0 bridgehead atoms. The lowest BCUT2D eigenvalue weighted by atomic mass is 10.2. The highest BCUT2D eigenvalue weighted by Gasteiger charge is 2.14. The first-order chi connectivity index (χ1) is 5.45. The van der Waals surface area contributed by atoms with Crippen molar-refractivity contribution in [1.82, 2.24) is 0 Å². The average molecular weight is 174 g/mol. The lowest BCUT2D eigenvalue weighted by Crippen LogP contribution is -2.21. The normalized spacial score (nSPS) is 8.75. The van der Waals surface area contributed by atoms with Gasteiger partial charge in [0.15, 0.2) is 0 Å². The van der Waals surface area contributed by atoms with Gasteiger partial charge in [0.25, 0.3) is 0 Å². The number of carbonyl (C=O) groups is 1. The van der Waals surface area contributed by atoms with Gasteiger partial charge in [-0.1, -0.05) is 0 Å². The summed E-state index contributed by atoms with van der Waals surface area (Å²) in [5.74, 6) is 0. The maximum absolute atomic E-state index is 10.4. The molecule has 0 saturated carbocycles. The van der Waals surface area contributed by atoms with Crippen molar-refractivity contribution in [3.63, 3.8) is 0 Å². The van der Waals surface area contributed by atoms with Gasteiger partial charge < -0.3 is 10.5 Å². The van der Waals surface area contributed by atoms with Crippen molar-refractivity contribution in [3.05, 3.63) is 10.4 Å². The van der Waals surface area contributed by atoms with Crippen LogP contribution in [0.2, 0.25) is 0 Å². The second-order valence-corrected chi connectivity index (χ2v) is 2.67. The summed E-state index contributed by atoms with van der Waals surface area (Å²) in [7, 11) is 1.50. The molecule has 0 aromatic carbocycles. The van der Waals surface area contributed by atoms with Crippen LogP contribution in [-0.2, 0) is 4.74 Å². The SMILES string of the molecule is CC(C)(C)OC(=O)N=[N+]=[N-].CN. The van der Waals surface area contributed by atoms with Crippen LogP contribution in [-0.4, -0.2) is 18.7 Å². The third-order valence-electron chi connectivity index (χ3n) is 0.520. The highest BCUT2D eigenvalue weighted by Crippen LogP contribution is 2.07. The van der Waals surface area contributed by atoms with E-state index < -0.39 is 11.7 Å². The zero-order chi connectivity index (χ0) is 10.2.